The lowest BCUT2D eigenvalue weighted by atomic mass is 9.72. The van der Waals surface area contributed by atoms with Crippen molar-refractivity contribution in [3.05, 3.63) is 107 Å². The molecule has 3 aromatic carbocycles. The molecule has 0 unspecified atom stereocenters. The zero-order valence-electron chi connectivity index (χ0n) is 33.8. The van der Waals surface area contributed by atoms with Crippen LogP contribution in [0.2, 0.25) is 5.02 Å². The molecule has 5 aromatic rings. The molecule has 0 radical (unpaired) electrons. The number of hydrogen-bond donors (Lipinski definition) is 3. The number of alkyl halides is 3. The van der Waals surface area contributed by atoms with Crippen LogP contribution in [-0.4, -0.2) is 88.7 Å². The third-order valence-electron chi connectivity index (χ3n) is 11.0. The Balaban J connectivity index is 1.14. The van der Waals surface area contributed by atoms with Gasteiger partial charge in [0.15, 0.2) is 0 Å². The third-order valence-corrected chi connectivity index (χ3v) is 14.1. The molecule has 1 saturated heterocycles. The standard InChI is InChI=1S/C43H44ClF3N6O7S2/c1-42(2)14-12-30(36(25-42)28-4-6-31(44)7-5-28)27-52-17-19-53(20-18-52)32-8-10-35(38(23-32)60-33-22-29-13-16-49-40(29)50-26-33)41(55)51-62(58,59)34-9-11-37(48-15-3-21-54)39(24-34)61(56,57)43(45,46)47/h4-11,13,16,21-24,26,48H,3,12,14-15,17-20,25,27H2,1-2H3,(H,49,50)(H,51,55). The highest BCUT2D eigenvalue weighted by Crippen LogP contribution is 2.44. The summed E-state index contributed by atoms with van der Waals surface area (Å²) < 4.78 is 101. The molecule has 3 N–H and O–H groups in total. The SMILES string of the molecule is CC1(C)CCC(CN2CCN(c3ccc(C(=O)NS(=O)(=O)c4ccc(NCCC=O)c(S(=O)(=O)C(F)(F)F)c4)c(Oc4cnc5[nH]ccc5c4)c3)CC2)=C(c2ccc(Cl)cc2)C1. The number of nitrogens with zero attached hydrogens (tertiary/aromatic N) is 3. The van der Waals surface area contributed by atoms with E-state index in [-0.39, 0.29) is 35.4 Å². The number of H-pyrrole nitrogens is 1. The van der Waals surface area contributed by atoms with E-state index in [1.807, 2.05) is 16.9 Å². The molecule has 3 heterocycles. The van der Waals surface area contributed by atoms with Crippen molar-refractivity contribution in [2.45, 2.75) is 54.8 Å². The van der Waals surface area contributed by atoms with Crippen LogP contribution in [0.1, 0.15) is 55.5 Å². The fourth-order valence-corrected chi connectivity index (χ4v) is 9.80. The molecule has 0 spiro atoms. The molecule has 62 heavy (non-hydrogen) atoms. The molecule has 13 nitrogen and oxygen atoms in total. The molecule has 2 aromatic heterocycles. The number of piperazine rings is 1. The van der Waals surface area contributed by atoms with Gasteiger partial charge in [-0.15, -0.1) is 0 Å². The molecule has 1 aliphatic carbocycles. The molecule has 1 amide bonds. The van der Waals surface area contributed by atoms with Crippen LogP contribution < -0.4 is 19.7 Å². The van der Waals surface area contributed by atoms with Crippen molar-refractivity contribution >= 4 is 71.6 Å². The van der Waals surface area contributed by atoms with Gasteiger partial charge in [0.2, 0.25) is 0 Å². The lowest BCUT2D eigenvalue weighted by molar-refractivity contribution is -0.107. The number of allylic oxidation sites excluding steroid dienone is 1. The first-order valence-corrected chi connectivity index (χ1v) is 23.1. The number of nitrogens with one attached hydrogen (secondary N) is 3. The average Bonchev–Trinajstić information content (AvgIpc) is 3.70. The van der Waals surface area contributed by atoms with Crippen LogP contribution in [-0.2, 0) is 24.7 Å². The Morgan fingerprint density at radius 1 is 0.984 bits per heavy atom. The van der Waals surface area contributed by atoms with Gasteiger partial charge in [0.1, 0.15) is 28.3 Å². The van der Waals surface area contributed by atoms with Crippen molar-refractivity contribution in [1.82, 2.24) is 19.6 Å². The molecular weight excluding hydrogens is 869 g/mol. The number of ether oxygens (including phenoxy) is 1. The number of hydrogen-bond acceptors (Lipinski definition) is 11. The fraction of sp³-hybridized carbons (Fsp3) is 0.326. The Labute approximate surface area is 362 Å². The van der Waals surface area contributed by atoms with E-state index < -0.39 is 46.8 Å². The highest BCUT2D eigenvalue weighted by molar-refractivity contribution is 7.92. The maximum absolute atomic E-state index is 13.8. The second-order valence-electron chi connectivity index (χ2n) is 16.0. The molecule has 1 aliphatic heterocycles. The number of sulfonamides is 1. The number of benzene rings is 3. The minimum absolute atomic E-state index is 0.0352. The minimum atomic E-state index is -6.08. The molecular formula is C43H44ClF3N6O7S2. The topological polar surface area (TPSA) is 171 Å². The lowest BCUT2D eigenvalue weighted by Gasteiger charge is -2.39. The zero-order chi connectivity index (χ0) is 44.5. The molecule has 0 atom stereocenters. The fourth-order valence-electron chi connectivity index (χ4n) is 7.64. The zero-order valence-corrected chi connectivity index (χ0v) is 36.1. The number of aromatic amines is 1. The molecule has 19 heteroatoms. The van der Waals surface area contributed by atoms with E-state index in [2.05, 4.69) is 51.1 Å². The van der Waals surface area contributed by atoms with Crippen LogP contribution in [0.4, 0.5) is 24.5 Å². The average molecular weight is 913 g/mol. The normalized spacial score (nSPS) is 16.3. The summed E-state index contributed by atoms with van der Waals surface area (Å²) in [7, 11) is -11.1. The Kier molecular flexibility index (Phi) is 12.8. The number of aldehydes is 1. The summed E-state index contributed by atoms with van der Waals surface area (Å²) in [5, 5.41) is 3.81. The van der Waals surface area contributed by atoms with Crippen molar-refractivity contribution in [2.75, 3.05) is 49.5 Å². The molecule has 7 rings (SSSR count). The second kappa shape index (κ2) is 17.7. The van der Waals surface area contributed by atoms with Gasteiger partial charge in [0, 0.05) is 74.0 Å². The summed E-state index contributed by atoms with van der Waals surface area (Å²) in [5.41, 5.74) is -1.19. The van der Waals surface area contributed by atoms with Gasteiger partial charge in [-0.25, -0.2) is 26.5 Å². The Morgan fingerprint density at radius 3 is 2.44 bits per heavy atom. The van der Waals surface area contributed by atoms with Crippen molar-refractivity contribution in [2.24, 2.45) is 5.41 Å². The van der Waals surface area contributed by atoms with Crippen LogP contribution in [0.5, 0.6) is 11.5 Å². The maximum Gasteiger partial charge on any atom is 0.501 e. The van der Waals surface area contributed by atoms with Crippen molar-refractivity contribution in [3.8, 4) is 11.5 Å². The summed E-state index contributed by atoms with van der Waals surface area (Å²) >= 11 is 6.21. The number of amides is 1. The summed E-state index contributed by atoms with van der Waals surface area (Å²) in [6, 6.07) is 18.1. The number of pyridine rings is 1. The van der Waals surface area contributed by atoms with Crippen LogP contribution in [0.3, 0.4) is 0 Å². The van der Waals surface area contributed by atoms with Gasteiger partial charge in [0.05, 0.1) is 22.3 Å². The van der Waals surface area contributed by atoms with Crippen LogP contribution in [0, 0.1) is 5.41 Å². The van der Waals surface area contributed by atoms with E-state index in [9.17, 15) is 39.6 Å². The predicted molar refractivity (Wildman–Crippen MR) is 231 cm³/mol. The van der Waals surface area contributed by atoms with E-state index in [1.165, 1.54) is 29.0 Å². The lowest BCUT2D eigenvalue weighted by Crippen LogP contribution is -2.47. The quantitative estimate of drug-likeness (QED) is 0.0725. The second-order valence-corrected chi connectivity index (χ2v) is 20.0. The summed E-state index contributed by atoms with van der Waals surface area (Å²) in [6.07, 6.45) is 6.46. The molecule has 2 aliphatic rings. The number of aromatic nitrogens is 2. The van der Waals surface area contributed by atoms with Gasteiger partial charge in [-0.2, -0.15) is 13.2 Å². The number of carbonyl (C=O) groups is 2. The van der Waals surface area contributed by atoms with Gasteiger partial charge in [0.25, 0.3) is 25.8 Å². The van der Waals surface area contributed by atoms with Gasteiger partial charge < -0.3 is 24.7 Å². The third kappa shape index (κ3) is 9.93. The number of sulfone groups is 1. The predicted octanol–water partition coefficient (Wildman–Crippen LogP) is 8.21. The highest BCUT2D eigenvalue weighted by atomic mass is 35.5. The van der Waals surface area contributed by atoms with Crippen LogP contribution >= 0.6 is 11.6 Å². The van der Waals surface area contributed by atoms with E-state index >= 15 is 0 Å². The Hall–Kier alpha value is -5.43. The summed E-state index contributed by atoms with van der Waals surface area (Å²) in [5.74, 6) is -0.996. The number of fused-ring (bicyclic) bond motifs is 1. The molecule has 0 bridgehead atoms. The van der Waals surface area contributed by atoms with Crippen LogP contribution in [0.25, 0.3) is 16.6 Å². The van der Waals surface area contributed by atoms with Gasteiger partial charge in [-0.1, -0.05) is 43.2 Å². The smallest absolute Gasteiger partial charge is 0.455 e. The first kappa shape index (κ1) is 44.6. The maximum atomic E-state index is 13.8. The largest absolute Gasteiger partial charge is 0.501 e. The molecule has 0 saturated carbocycles. The highest BCUT2D eigenvalue weighted by Gasteiger charge is 2.48. The molecule has 328 valence electrons. The van der Waals surface area contributed by atoms with E-state index in [0.717, 1.165) is 51.0 Å². The summed E-state index contributed by atoms with van der Waals surface area (Å²) in [6.45, 7) is 7.93. The van der Waals surface area contributed by atoms with Crippen molar-refractivity contribution < 1.29 is 44.3 Å². The van der Waals surface area contributed by atoms with Crippen LogP contribution in [0.15, 0.2) is 101 Å². The Bertz CT molecular complexity index is 2750. The Morgan fingerprint density at radius 2 is 1.73 bits per heavy atom. The van der Waals surface area contributed by atoms with Crippen molar-refractivity contribution in [1.29, 1.82) is 0 Å². The summed E-state index contributed by atoms with van der Waals surface area (Å²) in [4.78, 5) is 34.1. The first-order valence-electron chi connectivity index (χ1n) is 19.7. The minimum Gasteiger partial charge on any atom is -0.455 e. The van der Waals surface area contributed by atoms with Crippen molar-refractivity contribution in [3.63, 3.8) is 0 Å². The monoisotopic (exact) mass is 912 g/mol. The number of carbonyl (C=O) groups excluding carboxylic acids is 2. The number of anilines is 2. The number of rotatable bonds is 14. The van der Waals surface area contributed by atoms with Gasteiger partial charge >= 0.3 is 5.51 Å². The number of halogens is 4. The van der Waals surface area contributed by atoms with Gasteiger partial charge in [-0.3, -0.25) is 9.69 Å². The first-order chi connectivity index (χ1) is 29.3. The van der Waals surface area contributed by atoms with E-state index in [4.69, 9.17) is 16.3 Å². The van der Waals surface area contributed by atoms with Gasteiger partial charge in [-0.05, 0) is 90.4 Å². The molecule has 1 fully saturated rings. The van der Waals surface area contributed by atoms with E-state index in [0.29, 0.717) is 47.2 Å². The van der Waals surface area contributed by atoms with E-state index in [1.54, 1.807) is 30.5 Å².